The molecule has 1 aromatic carbocycles. The molecule has 0 amide bonds. The molecule has 3 rings (SSSR count). The SMILES string of the molecule is Cc1cc(C)cc(N(C)c2nc(Cl)nc3[nH]ncc23)c1. The van der Waals surface area contributed by atoms with Gasteiger partial charge in [-0.15, -0.1) is 0 Å². The van der Waals surface area contributed by atoms with Gasteiger partial charge in [0.1, 0.15) is 5.82 Å². The molecule has 0 saturated heterocycles. The van der Waals surface area contributed by atoms with Crippen molar-refractivity contribution in [2.24, 2.45) is 0 Å². The molecular weight excluding hydrogens is 274 g/mol. The molecule has 102 valence electrons. The summed E-state index contributed by atoms with van der Waals surface area (Å²) in [6.45, 7) is 4.15. The molecule has 0 atom stereocenters. The number of aryl methyl sites for hydroxylation is 2. The highest BCUT2D eigenvalue weighted by Gasteiger charge is 2.14. The third kappa shape index (κ3) is 2.20. The van der Waals surface area contributed by atoms with Gasteiger partial charge in [0.2, 0.25) is 5.28 Å². The number of benzene rings is 1. The topological polar surface area (TPSA) is 57.7 Å². The predicted octanol–water partition coefficient (Wildman–Crippen LogP) is 3.39. The molecule has 0 fully saturated rings. The first kappa shape index (κ1) is 12.9. The van der Waals surface area contributed by atoms with E-state index in [1.54, 1.807) is 6.20 Å². The first-order valence-electron chi connectivity index (χ1n) is 6.23. The quantitative estimate of drug-likeness (QED) is 0.734. The fourth-order valence-electron chi connectivity index (χ4n) is 2.32. The maximum absolute atomic E-state index is 5.98. The van der Waals surface area contributed by atoms with Crippen molar-refractivity contribution in [3.05, 3.63) is 40.8 Å². The molecule has 0 unspecified atom stereocenters. The highest BCUT2D eigenvalue weighted by molar-refractivity contribution is 6.28. The van der Waals surface area contributed by atoms with Crippen LogP contribution < -0.4 is 4.90 Å². The molecule has 0 saturated carbocycles. The summed E-state index contributed by atoms with van der Waals surface area (Å²) in [5.41, 5.74) is 4.10. The third-order valence-electron chi connectivity index (χ3n) is 3.17. The average molecular weight is 288 g/mol. The van der Waals surface area contributed by atoms with Crippen LogP contribution in [0.1, 0.15) is 11.1 Å². The number of aromatic nitrogens is 4. The summed E-state index contributed by atoms with van der Waals surface area (Å²) in [7, 11) is 1.96. The van der Waals surface area contributed by atoms with Crippen LogP contribution in [-0.4, -0.2) is 27.2 Å². The van der Waals surface area contributed by atoms with Gasteiger partial charge in [-0.3, -0.25) is 5.10 Å². The summed E-state index contributed by atoms with van der Waals surface area (Å²) in [6.07, 6.45) is 1.71. The van der Waals surface area contributed by atoms with Crippen LogP contribution in [0.25, 0.3) is 11.0 Å². The number of nitrogens with one attached hydrogen (secondary N) is 1. The first-order chi connectivity index (χ1) is 9.54. The second kappa shape index (κ2) is 4.76. The van der Waals surface area contributed by atoms with Crippen LogP contribution in [0.2, 0.25) is 5.28 Å². The first-order valence-corrected chi connectivity index (χ1v) is 6.61. The second-order valence-electron chi connectivity index (χ2n) is 4.85. The Labute approximate surface area is 121 Å². The van der Waals surface area contributed by atoms with Crippen molar-refractivity contribution >= 4 is 34.1 Å². The fourth-order valence-corrected chi connectivity index (χ4v) is 2.48. The predicted molar refractivity (Wildman–Crippen MR) is 80.7 cm³/mol. The Morgan fingerprint density at radius 3 is 2.50 bits per heavy atom. The standard InChI is InChI=1S/C14H14ClN5/c1-8-4-9(2)6-10(5-8)20(3)13-11-7-16-19-12(11)17-14(15)18-13/h4-7H,1-3H3,(H,16,17,18,19). The lowest BCUT2D eigenvalue weighted by Gasteiger charge is -2.20. The maximum atomic E-state index is 5.98. The zero-order valence-electron chi connectivity index (χ0n) is 11.5. The molecular formula is C14H14ClN5. The average Bonchev–Trinajstić information content (AvgIpc) is 2.83. The Balaban J connectivity index is 2.16. The van der Waals surface area contributed by atoms with Crippen LogP contribution in [0.5, 0.6) is 0 Å². The molecule has 0 bridgehead atoms. The van der Waals surface area contributed by atoms with Crippen molar-refractivity contribution in [3.8, 4) is 0 Å². The van der Waals surface area contributed by atoms with Gasteiger partial charge in [-0.1, -0.05) is 6.07 Å². The molecule has 0 aliphatic rings. The summed E-state index contributed by atoms with van der Waals surface area (Å²) >= 11 is 5.98. The number of rotatable bonds is 2. The van der Waals surface area contributed by atoms with E-state index in [1.165, 1.54) is 11.1 Å². The number of hydrogen-bond donors (Lipinski definition) is 1. The lowest BCUT2D eigenvalue weighted by atomic mass is 10.1. The number of fused-ring (bicyclic) bond motifs is 1. The zero-order valence-corrected chi connectivity index (χ0v) is 12.2. The monoisotopic (exact) mass is 287 g/mol. The summed E-state index contributed by atoms with van der Waals surface area (Å²) in [5.74, 6) is 0.735. The molecule has 0 spiro atoms. The minimum atomic E-state index is 0.202. The van der Waals surface area contributed by atoms with E-state index in [0.29, 0.717) is 5.65 Å². The van der Waals surface area contributed by atoms with E-state index in [-0.39, 0.29) is 5.28 Å². The molecule has 1 N–H and O–H groups in total. The Morgan fingerprint density at radius 1 is 1.10 bits per heavy atom. The number of hydrogen-bond acceptors (Lipinski definition) is 4. The Bertz CT molecular complexity index is 760. The smallest absolute Gasteiger partial charge is 0.226 e. The molecule has 3 aromatic rings. The molecule has 20 heavy (non-hydrogen) atoms. The maximum Gasteiger partial charge on any atom is 0.226 e. The van der Waals surface area contributed by atoms with Crippen molar-refractivity contribution in [2.75, 3.05) is 11.9 Å². The fraction of sp³-hybridized carbons (Fsp3) is 0.214. The highest BCUT2D eigenvalue weighted by atomic mass is 35.5. The van der Waals surface area contributed by atoms with Crippen molar-refractivity contribution in [1.29, 1.82) is 0 Å². The largest absolute Gasteiger partial charge is 0.329 e. The number of aromatic amines is 1. The van der Waals surface area contributed by atoms with E-state index in [0.717, 1.165) is 16.9 Å². The zero-order chi connectivity index (χ0) is 14.3. The molecule has 5 nitrogen and oxygen atoms in total. The van der Waals surface area contributed by atoms with Crippen LogP contribution in [0.4, 0.5) is 11.5 Å². The third-order valence-corrected chi connectivity index (χ3v) is 3.34. The lowest BCUT2D eigenvalue weighted by Crippen LogP contribution is -2.12. The van der Waals surface area contributed by atoms with Crippen LogP contribution in [0, 0.1) is 13.8 Å². The molecule has 0 aliphatic carbocycles. The van der Waals surface area contributed by atoms with Gasteiger partial charge in [-0.2, -0.15) is 15.1 Å². The van der Waals surface area contributed by atoms with Gasteiger partial charge in [-0.05, 0) is 48.7 Å². The second-order valence-corrected chi connectivity index (χ2v) is 5.19. The van der Waals surface area contributed by atoms with E-state index in [4.69, 9.17) is 11.6 Å². The summed E-state index contributed by atoms with van der Waals surface area (Å²) in [6, 6.07) is 6.35. The van der Waals surface area contributed by atoms with Gasteiger partial charge < -0.3 is 4.90 Å². The van der Waals surface area contributed by atoms with E-state index in [2.05, 4.69) is 52.2 Å². The number of halogens is 1. The van der Waals surface area contributed by atoms with Crippen molar-refractivity contribution < 1.29 is 0 Å². The summed E-state index contributed by atoms with van der Waals surface area (Å²) in [4.78, 5) is 10.4. The number of nitrogens with zero attached hydrogens (tertiary/aromatic N) is 4. The van der Waals surface area contributed by atoms with Gasteiger partial charge in [0, 0.05) is 12.7 Å². The van der Waals surface area contributed by atoms with Crippen LogP contribution >= 0.6 is 11.6 Å². The van der Waals surface area contributed by atoms with Gasteiger partial charge in [-0.25, -0.2) is 0 Å². The van der Waals surface area contributed by atoms with Crippen LogP contribution in [0.3, 0.4) is 0 Å². The summed E-state index contributed by atoms with van der Waals surface area (Å²) in [5, 5.41) is 7.86. The Hall–Kier alpha value is -2.14. The molecule has 2 aromatic heterocycles. The van der Waals surface area contributed by atoms with Gasteiger partial charge in [0.25, 0.3) is 0 Å². The van der Waals surface area contributed by atoms with E-state index >= 15 is 0 Å². The normalized spacial score (nSPS) is 11.0. The summed E-state index contributed by atoms with van der Waals surface area (Å²) < 4.78 is 0. The van der Waals surface area contributed by atoms with Gasteiger partial charge in [0.05, 0.1) is 11.6 Å². The van der Waals surface area contributed by atoms with Crippen LogP contribution in [0.15, 0.2) is 24.4 Å². The Morgan fingerprint density at radius 2 is 1.80 bits per heavy atom. The van der Waals surface area contributed by atoms with E-state index < -0.39 is 0 Å². The number of anilines is 2. The lowest BCUT2D eigenvalue weighted by molar-refractivity contribution is 1.08. The van der Waals surface area contributed by atoms with Gasteiger partial charge >= 0.3 is 0 Å². The number of H-pyrrole nitrogens is 1. The van der Waals surface area contributed by atoms with Crippen LogP contribution in [-0.2, 0) is 0 Å². The molecule has 6 heteroatoms. The highest BCUT2D eigenvalue weighted by Crippen LogP contribution is 2.29. The van der Waals surface area contributed by atoms with Crippen molar-refractivity contribution in [1.82, 2.24) is 20.2 Å². The molecule has 0 aliphatic heterocycles. The Kier molecular flexibility index (Phi) is 3.06. The minimum absolute atomic E-state index is 0.202. The van der Waals surface area contributed by atoms with Crippen molar-refractivity contribution in [3.63, 3.8) is 0 Å². The van der Waals surface area contributed by atoms with E-state index in [9.17, 15) is 0 Å². The van der Waals surface area contributed by atoms with E-state index in [1.807, 2.05) is 11.9 Å². The van der Waals surface area contributed by atoms with Crippen molar-refractivity contribution in [2.45, 2.75) is 13.8 Å². The minimum Gasteiger partial charge on any atom is -0.329 e. The van der Waals surface area contributed by atoms with Gasteiger partial charge in [0.15, 0.2) is 5.65 Å². The molecule has 2 heterocycles. The molecule has 0 radical (unpaired) electrons.